The fraction of sp³-hybridized carbons (Fsp3) is 0.462. The molecule has 1 amide bonds. The van der Waals surface area contributed by atoms with E-state index in [-0.39, 0.29) is 11.2 Å². The minimum Gasteiger partial charge on any atom is -0.398 e. The molecule has 3 N–H and O–H groups in total. The first-order valence-corrected chi connectivity index (χ1v) is 6.86. The molecule has 0 aliphatic carbocycles. The van der Waals surface area contributed by atoms with Crippen molar-refractivity contribution in [3.63, 3.8) is 0 Å². The van der Waals surface area contributed by atoms with Crippen LogP contribution in [0.4, 0.5) is 5.69 Å². The first-order chi connectivity index (χ1) is 8.18. The highest BCUT2D eigenvalue weighted by Gasteiger charge is 2.22. The Labute approximate surface area is 106 Å². The number of nitrogens with one attached hydrogen (secondary N) is 1. The van der Waals surface area contributed by atoms with Crippen LogP contribution in [0.15, 0.2) is 23.1 Å². The number of carbonyl (C=O) groups is 1. The maximum Gasteiger partial charge on any atom is 0.233 e. The maximum absolute atomic E-state index is 11.9. The van der Waals surface area contributed by atoms with Gasteiger partial charge < -0.3 is 11.1 Å². The molecular formula is C13H18N2OS. The Bertz CT molecular complexity index is 420. The third kappa shape index (κ3) is 2.94. The molecule has 17 heavy (non-hydrogen) atoms. The molecule has 1 aliphatic heterocycles. The van der Waals surface area contributed by atoms with Crippen molar-refractivity contribution in [2.45, 2.75) is 36.3 Å². The lowest BCUT2D eigenvalue weighted by atomic mass is 10.2. The number of amides is 1. The number of benzene rings is 1. The zero-order valence-corrected chi connectivity index (χ0v) is 10.8. The average Bonchev–Trinajstić information content (AvgIpc) is 2.51. The summed E-state index contributed by atoms with van der Waals surface area (Å²) >= 11 is 1.63. The van der Waals surface area contributed by atoms with Crippen LogP contribution >= 0.6 is 11.8 Å². The summed E-state index contributed by atoms with van der Waals surface area (Å²) in [7, 11) is 0. The van der Waals surface area contributed by atoms with Crippen molar-refractivity contribution in [2.24, 2.45) is 0 Å². The van der Waals surface area contributed by atoms with Gasteiger partial charge >= 0.3 is 0 Å². The van der Waals surface area contributed by atoms with Crippen LogP contribution in [-0.4, -0.2) is 17.7 Å². The fourth-order valence-corrected chi connectivity index (χ4v) is 3.17. The summed E-state index contributed by atoms with van der Waals surface area (Å²) in [6, 6.07) is 5.88. The number of nitrogens with two attached hydrogens (primary N) is 1. The number of rotatable bonds is 2. The topological polar surface area (TPSA) is 55.1 Å². The standard InChI is InChI=1S/C13H18N2OS/c1-9-10(14)5-4-7-11(9)17-12-6-2-3-8-15-13(12)16/h4-5,7,12H,2-3,6,8,14H2,1H3,(H,15,16). The van der Waals surface area contributed by atoms with Crippen molar-refractivity contribution in [2.75, 3.05) is 12.3 Å². The van der Waals surface area contributed by atoms with Gasteiger partial charge in [0, 0.05) is 17.1 Å². The van der Waals surface area contributed by atoms with Crippen molar-refractivity contribution in [1.82, 2.24) is 5.32 Å². The summed E-state index contributed by atoms with van der Waals surface area (Å²) in [4.78, 5) is 13.0. The number of anilines is 1. The van der Waals surface area contributed by atoms with Crippen molar-refractivity contribution in [3.8, 4) is 0 Å². The molecule has 0 radical (unpaired) electrons. The van der Waals surface area contributed by atoms with Gasteiger partial charge in [-0.25, -0.2) is 0 Å². The quantitative estimate of drug-likeness (QED) is 0.792. The first-order valence-electron chi connectivity index (χ1n) is 5.98. The van der Waals surface area contributed by atoms with Crippen molar-refractivity contribution in [3.05, 3.63) is 23.8 Å². The predicted octanol–water partition coefficient (Wildman–Crippen LogP) is 2.34. The molecule has 1 heterocycles. The van der Waals surface area contributed by atoms with Crippen LogP contribution in [0.5, 0.6) is 0 Å². The van der Waals surface area contributed by atoms with Gasteiger partial charge in [-0.15, -0.1) is 11.8 Å². The van der Waals surface area contributed by atoms with E-state index in [9.17, 15) is 4.79 Å². The molecule has 3 nitrogen and oxygen atoms in total. The summed E-state index contributed by atoms with van der Waals surface area (Å²) in [6.07, 6.45) is 3.14. The summed E-state index contributed by atoms with van der Waals surface area (Å²) in [6.45, 7) is 2.82. The van der Waals surface area contributed by atoms with E-state index in [1.807, 2.05) is 25.1 Å². The van der Waals surface area contributed by atoms with Gasteiger partial charge in [0.05, 0.1) is 5.25 Å². The largest absolute Gasteiger partial charge is 0.398 e. The van der Waals surface area contributed by atoms with Crippen LogP contribution in [0, 0.1) is 6.92 Å². The molecule has 1 fully saturated rings. The van der Waals surface area contributed by atoms with E-state index < -0.39 is 0 Å². The first kappa shape index (κ1) is 12.3. The summed E-state index contributed by atoms with van der Waals surface area (Å²) in [5.41, 5.74) is 7.75. The van der Waals surface area contributed by atoms with Crippen LogP contribution in [0.25, 0.3) is 0 Å². The Kier molecular flexibility index (Phi) is 3.94. The van der Waals surface area contributed by atoms with Gasteiger partial charge in [-0.05, 0) is 37.5 Å². The number of carbonyl (C=O) groups excluding carboxylic acids is 1. The lowest BCUT2D eigenvalue weighted by Gasteiger charge is -2.15. The molecule has 1 saturated heterocycles. The Morgan fingerprint density at radius 2 is 2.24 bits per heavy atom. The minimum absolute atomic E-state index is 0.0259. The van der Waals surface area contributed by atoms with Gasteiger partial charge in [-0.2, -0.15) is 0 Å². The number of hydrogen-bond donors (Lipinski definition) is 2. The van der Waals surface area contributed by atoms with E-state index in [4.69, 9.17) is 5.73 Å². The Morgan fingerprint density at radius 3 is 3.06 bits per heavy atom. The molecule has 1 unspecified atom stereocenters. The van der Waals surface area contributed by atoms with Gasteiger partial charge in [-0.1, -0.05) is 12.5 Å². The molecule has 0 bridgehead atoms. The van der Waals surface area contributed by atoms with Crippen molar-refractivity contribution < 1.29 is 4.79 Å². The third-order valence-corrected chi connectivity index (χ3v) is 4.51. The molecule has 1 aliphatic rings. The van der Waals surface area contributed by atoms with Crippen LogP contribution < -0.4 is 11.1 Å². The van der Waals surface area contributed by atoms with Gasteiger partial charge in [-0.3, -0.25) is 4.79 Å². The Morgan fingerprint density at radius 1 is 1.41 bits per heavy atom. The van der Waals surface area contributed by atoms with Crippen LogP contribution in [0.1, 0.15) is 24.8 Å². The molecule has 1 aromatic carbocycles. The second-order valence-corrected chi connectivity index (χ2v) is 5.61. The molecule has 1 aromatic rings. The number of nitrogen functional groups attached to an aromatic ring is 1. The third-order valence-electron chi connectivity index (χ3n) is 3.08. The Balaban J connectivity index is 2.13. The summed E-state index contributed by atoms with van der Waals surface area (Å²) in [5, 5.41) is 2.98. The normalized spacial score (nSPS) is 20.8. The zero-order chi connectivity index (χ0) is 12.3. The molecule has 4 heteroatoms. The maximum atomic E-state index is 11.9. The molecule has 0 aromatic heterocycles. The van der Waals surface area contributed by atoms with E-state index in [0.717, 1.165) is 42.0 Å². The van der Waals surface area contributed by atoms with E-state index in [1.54, 1.807) is 11.8 Å². The second kappa shape index (κ2) is 5.45. The van der Waals surface area contributed by atoms with Crippen molar-refractivity contribution >= 4 is 23.4 Å². The highest BCUT2D eigenvalue weighted by atomic mass is 32.2. The average molecular weight is 250 g/mol. The highest BCUT2D eigenvalue weighted by Crippen LogP contribution is 2.32. The molecule has 0 saturated carbocycles. The smallest absolute Gasteiger partial charge is 0.233 e. The lowest BCUT2D eigenvalue weighted by molar-refractivity contribution is -0.120. The summed E-state index contributed by atoms with van der Waals surface area (Å²) in [5.74, 6) is 0.161. The predicted molar refractivity (Wildman–Crippen MR) is 72.1 cm³/mol. The Hall–Kier alpha value is -1.16. The number of thioether (sulfide) groups is 1. The van der Waals surface area contributed by atoms with Gasteiger partial charge in [0.25, 0.3) is 0 Å². The van der Waals surface area contributed by atoms with Crippen LogP contribution in [-0.2, 0) is 4.79 Å². The van der Waals surface area contributed by atoms with E-state index >= 15 is 0 Å². The molecule has 92 valence electrons. The molecule has 2 rings (SSSR count). The van der Waals surface area contributed by atoms with E-state index in [2.05, 4.69) is 5.32 Å². The SMILES string of the molecule is Cc1c(N)cccc1SC1CCCCNC1=O. The van der Waals surface area contributed by atoms with E-state index in [0.29, 0.717) is 0 Å². The minimum atomic E-state index is 0.0259. The lowest BCUT2D eigenvalue weighted by Crippen LogP contribution is -2.30. The molecular weight excluding hydrogens is 232 g/mol. The molecule has 1 atom stereocenters. The summed E-state index contributed by atoms with van der Waals surface area (Å²) < 4.78 is 0. The van der Waals surface area contributed by atoms with Gasteiger partial charge in [0.1, 0.15) is 0 Å². The van der Waals surface area contributed by atoms with Crippen LogP contribution in [0.2, 0.25) is 0 Å². The van der Waals surface area contributed by atoms with Gasteiger partial charge in [0.15, 0.2) is 0 Å². The monoisotopic (exact) mass is 250 g/mol. The van der Waals surface area contributed by atoms with E-state index in [1.165, 1.54) is 0 Å². The van der Waals surface area contributed by atoms with Crippen LogP contribution in [0.3, 0.4) is 0 Å². The second-order valence-electron chi connectivity index (χ2n) is 4.36. The molecule has 0 spiro atoms. The van der Waals surface area contributed by atoms with Crippen molar-refractivity contribution in [1.29, 1.82) is 0 Å². The fourth-order valence-electron chi connectivity index (χ4n) is 1.94. The van der Waals surface area contributed by atoms with Gasteiger partial charge in [0.2, 0.25) is 5.91 Å². The zero-order valence-electron chi connectivity index (χ0n) is 10.0. The highest BCUT2D eigenvalue weighted by molar-refractivity contribution is 8.00. The number of hydrogen-bond acceptors (Lipinski definition) is 3.